The van der Waals surface area contributed by atoms with Crippen molar-refractivity contribution in [2.75, 3.05) is 0 Å². The molecule has 1 aliphatic carbocycles. The van der Waals surface area contributed by atoms with E-state index < -0.39 is 0 Å². The molecule has 1 aromatic carbocycles. The molecule has 0 spiro atoms. The Morgan fingerprint density at radius 3 is 2.17 bits per heavy atom. The predicted molar refractivity (Wildman–Crippen MR) is 100.0 cm³/mol. The Bertz CT molecular complexity index is 506. The third-order valence-corrected chi connectivity index (χ3v) is 5.80. The Balaban J connectivity index is 1.73. The summed E-state index contributed by atoms with van der Waals surface area (Å²) in [5, 5.41) is 19.1. The smallest absolute Gasteiger partial charge is 0.115 e. The molecular weight excluding hydrogens is 294 g/mol. The molecule has 0 amide bonds. The van der Waals surface area contributed by atoms with Crippen molar-refractivity contribution in [3.05, 3.63) is 29.8 Å². The maximum Gasteiger partial charge on any atom is 0.115 e. The topological polar surface area (TPSA) is 44.0 Å². The highest BCUT2D eigenvalue weighted by atomic mass is 16.3. The van der Waals surface area contributed by atoms with Gasteiger partial charge in [-0.25, -0.2) is 0 Å². The largest absolute Gasteiger partial charge is 0.508 e. The van der Waals surface area contributed by atoms with Gasteiger partial charge in [0.15, 0.2) is 0 Å². The van der Waals surface area contributed by atoms with Crippen LogP contribution >= 0.6 is 0 Å². The molecule has 2 nitrogen and oxygen atoms in total. The van der Waals surface area contributed by atoms with Gasteiger partial charge in [0, 0.05) is 0 Å². The van der Waals surface area contributed by atoms with Gasteiger partial charge in [-0.15, -0.1) is 0 Å². The Morgan fingerprint density at radius 1 is 1.00 bits per heavy atom. The van der Waals surface area contributed by atoms with Crippen molar-refractivity contribution >= 4 is 0 Å². The number of benzene rings is 1. The lowest BCUT2D eigenvalue weighted by Gasteiger charge is -2.35. The van der Waals surface area contributed by atoms with Gasteiger partial charge in [-0.1, -0.05) is 64.0 Å². The molecular formula is C22H33NO. The third kappa shape index (κ3) is 5.55. The quantitative estimate of drug-likeness (QED) is 0.513. The van der Waals surface area contributed by atoms with Crippen LogP contribution in [-0.4, -0.2) is 5.11 Å². The average molecular weight is 328 g/mol. The van der Waals surface area contributed by atoms with Crippen molar-refractivity contribution in [3.63, 3.8) is 0 Å². The molecule has 0 atom stereocenters. The van der Waals surface area contributed by atoms with Crippen LogP contribution in [-0.2, 0) is 0 Å². The van der Waals surface area contributed by atoms with E-state index >= 15 is 0 Å². The summed E-state index contributed by atoms with van der Waals surface area (Å²) < 4.78 is 0. The number of nitriles is 1. The number of phenols is 1. The lowest BCUT2D eigenvalue weighted by atomic mass is 9.67. The van der Waals surface area contributed by atoms with E-state index in [4.69, 9.17) is 0 Å². The molecule has 0 aromatic heterocycles. The fourth-order valence-electron chi connectivity index (χ4n) is 4.09. The molecule has 132 valence electrons. The maximum atomic E-state index is 9.72. The van der Waals surface area contributed by atoms with Crippen molar-refractivity contribution in [2.45, 2.75) is 89.9 Å². The molecule has 1 aliphatic rings. The van der Waals surface area contributed by atoms with E-state index in [0.717, 1.165) is 32.1 Å². The summed E-state index contributed by atoms with van der Waals surface area (Å²) in [6.07, 6.45) is 14.6. The Morgan fingerprint density at radius 2 is 1.58 bits per heavy atom. The van der Waals surface area contributed by atoms with Gasteiger partial charge in [0.25, 0.3) is 0 Å². The van der Waals surface area contributed by atoms with E-state index in [2.05, 4.69) is 13.0 Å². The highest BCUT2D eigenvalue weighted by Gasteiger charge is 2.35. The van der Waals surface area contributed by atoms with E-state index in [9.17, 15) is 10.4 Å². The first-order valence-electron chi connectivity index (χ1n) is 9.89. The second-order valence-electron chi connectivity index (χ2n) is 7.63. The number of hydrogen-bond donors (Lipinski definition) is 1. The molecule has 0 aliphatic heterocycles. The minimum Gasteiger partial charge on any atom is -0.508 e. The van der Waals surface area contributed by atoms with Gasteiger partial charge >= 0.3 is 0 Å². The fourth-order valence-corrected chi connectivity index (χ4v) is 4.09. The number of phenolic OH excluding ortho intramolecular Hbond substituents is 1. The lowest BCUT2D eigenvalue weighted by molar-refractivity contribution is 0.222. The molecule has 0 heterocycles. The van der Waals surface area contributed by atoms with Gasteiger partial charge in [0.2, 0.25) is 0 Å². The second-order valence-corrected chi connectivity index (χ2v) is 7.63. The van der Waals surface area contributed by atoms with Crippen LogP contribution in [0.5, 0.6) is 5.75 Å². The summed E-state index contributed by atoms with van der Waals surface area (Å²) in [4.78, 5) is 0. The fraction of sp³-hybridized carbons (Fsp3) is 0.682. The van der Waals surface area contributed by atoms with E-state index in [-0.39, 0.29) is 5.41 Å². The first-order valence-corrected chi connectivity index (χ1v) is 9.89. The van der Waals surface area contributed by atoms with Crippen LogP contribution in [0.3, 0.4) is 0 Å². The Hall–Kier alpha value is -1.49. The average Bonchev–Trinajstić information content (AvgIpc) is 2.62. The molecule has 1 fully saturated rings. The van der Waals surface area contributed by atoms with Crippen LogP contribution < -0.4 is 0 Å². The minimum absolute atomic E-state index is 0.0726. The lowest BCUT2D eigenvalue weighted by Crippen LogP contribution is -2.25. The van der Waals surface area contributed by atoms with Gasteiger partial charge in [0.1, 0.15) is 5.75 Å². The molecule has 2 heteroatoms. The number of unbranched alkanes of at least 4 members (excludes halogenated alkanes) is 6. The van der Waals surface area contributed by atoms with Gasteiger partial charge < -0.3 is 5.11 Å². The van der Waals surface area contributed by atoms with Crippen molar-refractivity contribution in [2.24, 2.45) is 5.41 Å². The molecule has 0 saturated heterocycles. The Labute approximate surface area is 147 Å². The van der Waals surface area contributed by atoms with Crippen molar-refractivity contribution in [3.8, 4) is 11.8 Å². The number of rotatable bonds is 9. The number of aromatic hydroxyl groups is 1. The maximum absolute atomic E-state index is 9.72. The summed E-state index contributed by atoms with van der Waals surface area (Å²) in [6, 6.07) is 10.3. The van der Waals surface area contributed by atoms with Crippen molar-refractivity contribution < 1.29 is 5.11 Å². The molecule has 1 aromatic rings. The van der Waals surface area contributed by atoms with Crippen molar-refractivity contribution in [1.82, 2.24) is 0 Å². The second kappa shape index (κ2) is 9.72. The van der Waals surface area contributed by atoms with E-state index in [1.807, 2.05) is 12.1 Å². The molecule has 1 saturated carbocycles. The summed E-state index contributed by atoms with van der Waals surface area (Å²) in [6.45, 7) is 2.26. The highest BCUT2D eigenvalue weighted by molar-refractivity contribution is 5.29. The standard InChI is InChI=1S/C22H33NO/c1-2-3-4-5-6-7-8-15-22(18-23)16-13-20(14-17-22)19-9-11-21(24)12-10-19/h9-12,20,24H,2-8,13-17H2,1H3. The summed E-state index contributed by atoms with van der Waals surface area (Å²) >= 11 is 0. The third-order valence-electron chi connectivity index (χ3n) is 5.80. The molecule has 2 rings (SSSR count). The molecule has 0 unspecified atom stereocenters. The van der Waals surface area contributed by atoms with E-state index in [1.165, 1.54) is 50.5 Å². The zero-order valence-corrected chi connectivity index (χ0v) is 15.3. The zero-order chi connectivity index (χ0) is 17.3. The Kier molecular flexibility index (Phi) is 7.63. The SMILES string of the molecule is CCCCCCCCCC1(C#N)CCC(c2ccc(O)cc2)CC1. The number of hydrogen-bond acceptors (Lipinski definition) is 2. The van der Waals surface area contributed by atoms with Crippen LogP contribution in [0.2, 0.25) is 0 Å². The van der Waals surface area contributed by atoms with Crippen LogP contribution in [0.1, 0.15) is 95.5 Å². The molecule has 24 heavy (non-hydrogen) atoms. The summed E-state index contributed by atoms with van der Waals surface area (Å²) in [5.41, 5.74) is 1.24. The van der Waals surface area contributed by atoms with E-state index in [0.29, 0.717) is 11.7 Å². The van der Waals surface area contributed by atoms with Crippen LogP contribution in [0, 0.1) is 16.7 Å². The van der Waals surface area contributed by atoms with Gasteiger partial charge in [-0.2, -0.15) is 5.26 Å². The van der Waals surface area contributed by atoms with Crippen LogP contribution in [0.25, 0.3) is 0 Å². The van der Waals surface area contributed by atoms with Gasteiger partial charge in [-0.05, 0) is 55.7 Å². The van der Waals surface area contributed by atoms with Crippen LogP contribution in [0.4, 0.5) is 0 Å². The number of nitrogens with zero attached hydrogens (tertiary/aromatic N) is 1. The summed E-state index contributed by atoms with van der Waals surface area (Å²) in [5.74, 6) is 0.890. The predicted octanol–water partition coefficient (Wildman–Crippen LogP) is 6.70. The van der Waals surface area contributed by atoms with Crippen molar-refractivity contribution in [1.29, 1.82) is 5.26 Å². The normalized spacial score (nSPS) is 23.8. The first-order chi connectivity index (χ1) is 11.7. The first kappa shape index (κ1) is 18.8. The van der Waals surface area contributed by atoms with Crippen LogP contribution in [0.15, 0.2) is 24.3 Å². The van der Waals surface area contributed by atoms with E-state index in [1.54, 1.807) is 12.1 Å². The minimum atomic E-state index is -0.0726. The van der Waals surface area contributed by atoms with Gasteiger partial charge in [0.05, 0.1) is 11.5 Å². The highest BCUT2D eigenvalue weighted by Crippen LogP contribution is 2.45. The zero-order valence-electron chi connectivity index (χ0n) is 15.3. The molecule has 0 radical (unpaired) electrons. The molecule has 0 bridgehead atoms. The summed E-state index contributed by atoms with van der Waals surface area (Å²) in [7, 11) is 0. The molecule has 1 N–H and O–H groups in total. The monoisotopic (exact) mass is 327 g/mol. The van der Waals surface area contributed by atoms with Gasteiger partial charge in [-0.3, -0.25) is 0 Å².